The molecule has 2 aromatic rings. The maximum absolute atomic E-state index is 11.6. The van der Waals surface area contributed by atoms with Gasteiger partial charge in [0, 0.05) is 32.7 Å². The number of piperazine rings is 1. The van der Waals surface area contributed by atoms with E-state index in [1.54, 1.807) is 0 Å². The zero-order chi connectivity index (χ0) is 19.2. The third-order valence-electron chi connectivity index (χ3n) is 4.87. The Morgan fingerprint density at radius 2 is 1.74 bits per heavy atom. The maximum atomic E-state index is 11.6. The van der Waals surface area contributed by atoms with Gasteiger partial charge in [-0.1, -0.05) is 48.5 Å². The monoisotopic (exact) mass is 368 g/mol. The van der Waals surface area contributed by atoms with Gasteiger partial charge in [0.2, 0.25) is 0 Å². The first-order valence-electron chi connectivity index (χ1n) is 9.01. The van der Waals surface area contributed by atoms with Gasteiger partial charge in [-0.15, -0.1) is 0 Å². The number of carboxylic acid groups (broad SMARTS) is 1. The molecule has 0 bridgehead atoms. The molecule has 27 heavy (non-hydrogen) atoms. The summed E-state index contributed by atoms with van der Waals surface area (Å²) in [6.45, 7) is 3.13. The van der Waals surface area contributed by atoms with Crippen LogP contribution in [0.2, 0.25) is 0 Å². The van der Waals surface area contributed by atoms with Gasteiger partial charge in [0.15, 0.2) is 0 Å². The van der Waals surface area contributed by atoms with Gasteiger partial charge in [0.05, 0.1) is 13.5 Å². The van der Waals surface area contributed by atoms with E-state index in [-0.39, 0.29) is 12.4 Å². The minimum atomic E-state index is -0.861. The van der Waals surface area contributed by atoms with Crippen LogP contribution in [-0.4, -0.2) is 60.3 Å². The summed E-state index contributed by atoms with van der Waals surface area (Å²) in [5, 5.41) is 9.11. The number of benzene rings is 2. The van der Waals surface area contributed by atoms with Gasteiger partial charge in [-0.25, -0.2) is 4.79 Å². The highest BCUT2D eigenvalue weighted by Gasteiger charge is 2.21. The molecule has 0 unspecified atom stereocenters. The zero-order valence-corrected chi connectivity index (χ0v) is 15.4. The van der Waals surface area contributed by atoms with Crippen LogP contribution in [0.25, 0.3) is 11.1 Å². The van der Waals surface area contributed by atoms with E-state index in [2.05, 4.69) is 29.2 Å². The minimum Gasteiger partial charge on any atom is -0.469 e. The third kappa shape index (κ3) is 4.86. The lowest BCUT2D eigenvalue weighted by Crippen LogP contribution is -2.47. The largest absolute Gasteiger partial charge is 0.469 e. The first-order valence-corrected chi connectivity index (χ1v) is 9.01. The standard InChI is InChI=1S/C21H24N2O4/c1-27-20(24)14-16-7-8-19(17-5-3-2-4-6-17)18(13-16)15-22-9-11-23(12-10-22)21(25)26/h2-8,13H,9-12,14-15H2,1H3,(H,25,26). The van der Waals surface area contributed by atoms with Crippen molar-refractivity contribution in [2.45, 2.75) is 13.0 Å². The van der Waals surface area contributed by atoms with Gasteiger partial charge in [0.25, 0.3) is 0 Å². The fourth-order valence-corrected chi connectivity index (χ4v) is 3.36. The Morgan fingerprint density at radius 1 is 1.04 bits per heavy atom. The van der Waals surface area contributed by atoms with Gasteiger partial charge >= 0.3 is 12.1 Å². The molecule has 1 heterocycles. The minimum absolute atomic E-state index is 0.241. The molecule has 1 N–H and O–H groups in total. The van der Waals surface area contributed by atoms with E-state index in [0.717, 1.165) is 22.3 Å². The average molecular weight is 368 g/mol. The van der Waals surface area contributed by atoms with Crippen LogP contribution < -0.4 is 0 Å². The molecule has 6 nitrogen and oxygen atoms in total. The molecule has 0 spiro atoms. The second kappa shape index (κ2) is 8.68. The number of carbonyl (C=O) groups excluding carboxylic acids is 1. The van der Waals surface area contributed by atoms with Gasteiger partial charge in [0.1, 0.15) is 0 Å². The number of methoxy groups -OCH3 is 1. The summed E-state index contributed by atoms with van der Waals surface area (Å²) in [7, 11) is 1.39. The van der Waals surface area contributed by atoms with Crippen LogP contribution >= 0.6 is 0 Å². The van der Waals surface area contributed by atoms with Crippen molar-refractivity contribution in [2.75, 3.05) is 33.3 Å². The van der Waals surface area contributed by atoms with Crippen molar-refractivity contribution in [3.63, 3.8) is 0 Å². The topological polar surface area (TPSA) is 70.1 Å². The molecule has 6 heteroatoms. The van der Waals surface area contributed by atoms with Crippen LogP contribution in [0.15, 0.2) is 48.5 Å². The molecule has 1 aliphatic heterocycles. The highest BCUT2D eigenvalue weighted by Crippen LogP contribution is 2.26. The number of ether oxygens (including phenoxy) is 1. The van der Waals surface area contributed by atoms with Gasteiger partial charge < -0.3 is 14.7 Å². The highest BCUT2D eigenvalue weighted by molar-refractivity contribution is 5.74. The normalized spacial score (nSPS) is 14.8. The Kier molecular flexibility index (Phi) is 6.08. The predicted octanol–water partition coefficient (Wildman–Crippen LogP) is 2.86. The van der Waals surface area contributed by atoms with Crippen molar-refractivity contribution < 1.29 is 19.4 Å². The Balaban J connectivity index is 1.83. The molecule has 142 valence electrons. The Hall–Kier alpha value is -2.86. The Labute approximate surface area is 159 Å². The molecule has 0 aliphatic carbocycles. The SMILES string of the molecule is COC(=O)Cc1ccc(-c2ccccc2)c(CN2CCN(C(=O)O)CC2)c1. The maximum Gasteiger partial charge on any atom is 0.407 e. The molecule has 1 amide bonds. The van der Waals surface area contributed by atoms with Crippen LogP contribution in [0.5, 0.6) is 0 Å². The van der Waals surface area contributed by atoms with Crippen molar-refractivity contribution in [3.05, 3.63) is 59.7 Å². The summed E-state index contributed by atoms with van der Waals surface area (Å²) in [4.78, 5) is 26.4. The Bertz CT molecular complexity index is 799. The quantitative estimate of drug-likeness (QED) is 0.822. The molecule has 0 atom stereocenters. The van der Waals surface area contributed by atoms with Crippen molar-refractivity contribution in [1.29, 1.82) is 0 Å². The predicted molar refractivity (Wildman–Crippen MR) is 102 cm³/mol. The summed E-state index contributed by atoms with van der Waals surface area (Å²) in [5.74, 6) is -0.261. The first-order chi connectivity index (χ1) is 13.1. The average Bonchev–Trinajstić information content (AvgIpc) is 2.69. The van der Waals surface area contributed by atoms with Crippen LogP contribution in [0.3, 0.4) is 0 Å². The lowest BCUT2D eigenvalue weighted by Gasteiger charge is -2.33. The number of carbonyl (C=O) groups is 2. The number of amides is 1. The molecular formula is C21H24N2O4. The third-order valence-corrected chi connectivity index (χ3v) is 4.87. The number of nitrogens with zero attached hydrogens (tertiary/aromatic N) is 2. The Morgan fingerprint density at radius 3 is 2.37 bits per heavy atom. The second-order valence-corrected chi connectivity index (χ2v) is 6.66. The number of rotatable bonds is 5. The van der Waals surface area contributed by atoms with Crippen LogP contribution in [0, 0.1) is 0 Å². The molecular weight excluding hydrogens is 344 g/mol. The first kappa shape index (κ1) is 18.9. The zero-order valence-electron chi connectivity index (χ0n) is 15.4. The second-order valence-electron chi connectivity index (χ2n) is 6.66. The van der Waals surface area contributed by atoms with Crippen molar-refractivity contribution in [2.24, 2.45) is 0 Å². The lowest BCUT2D eigenvalue weighted by atomic mass is 9.96. The van der Waals surface area contributed by atoms with Gasteiger partial charge in [-0.3, -0.25) is 9.69 Å². The molecule has 0 saturated carbocycles. The van der Waals surface area contributed by atoms with Crippen molar-refractivity contribution in [3.8, 4) is 11.1 Å². The van der Waals surface area contributed by atoms with Gasteiger partial charge in [-0.2, -0.15) is 0 Å². The fraction of sp³-hybridized carbons (Fsp3) is 0.333. The number of hydrogen-bond donors (Lipinski definition) is 1. The van der Waals surface area contributed by atoms with Crippen molar-refractivity contribution in [1.82, 2.24) is 9.80 Å². The van der Waals surface area contributed by atoms with Crippen molar-refractivity contribution >= 4 is 12.1 Å². The summed E-state index contributed by atoms with van der Waals surface area (Å²) >= 11 is 0. The van der Waals surface area contributed by atoms with E-state index in [1.807, 2.05) is 24.3 Å². The smallest absolute Gasteiger partial charge is 0.407 e. The number of esters is 1. The van der Waals surface area contributed by atoms with E-state index in [1.165, 1.54) is 12.0 Å². The van der Waals surface area contributed by atoms with E-state index in [9.17, 15) is 9.59 Å². The van der Waals surface area contributed by atoms with E-state index in [4.69, 9.17) is 9.84 Å². The summed E-state index contributed by atoms with van der Waals surface area (Å²) in [6.07, 6.45) is -0.620. The number of hydrogen-bond acceptors (Lipinski definition) is 4. The lowest BCUT2D eigenvalue weighted by molar-refractivity contribution is -0.139. The molecule has 0 aromatic heterocycles. The van der Waals surface area contributed by atoms with E-state index < -0.39 is 6.09 Å². The molecule has 1 fully saturated rings. The van der Waals surface area contributed by atoms with E-state index >= 15 is 0 Å². The molecule has 0 radical (unpaired) electrons. The molecule has 1 saturated heterocycles. The van der Waals surface area contributed by atoms with Crippen LogP contribution in [-0.2, 0) is 22.5 Å². The summed E-state index contributed by atoms with van der Waals surface area (Å²) in [5.41, 5.74) is 4.30. The summed E-state index contributed by atoms with van der Waals surface area (Å²) < 4.78 is 4.78. The molecule has 3 rings (SSSR count). The van der Waals surface area contributed by atoms with Gasteiger partial charge in [-0.05, 0) is 22.3 Å². The van der Waals surface area contributed by atoms with Crippen LogP contribution in [0.1, 0.15) is 11.1 Å². The molecule has 1 aliphatic rings. The highest BCUT2D eigenvalue weighted by atomic mass is 16.5. The summed E-state index contributed by atoms with van der Waals surface area (Å²) in [6, 6.07) is 16.2. The van der Waals surface area contributed by atoms with Crippen LogP contribution in [0.4, 0.5) is 4.79 Å². The fourth-order valence-electron chi connectivity index (χ4n) is 3.36. The van der Waals surface area contributed by atoms with E-state index in [0.29, 0.717) is 32.7 Å². The molecule has 2 aromatic carbocycles.